The van der Waals surface area contributed by atoms with Crippen LogP contribution in [0.4, 0.5) is 5.69 Å². The van der Waals surface area contributed by atoms with Gasteiger partial charge in [0.1, 0.15) is 13.2 Å². The van der Waals surface area contributed by atoms with Crippen LogP contribution in [0.15, 0.2) is 71.6 Å². The minimum Gasteiger partial charge on any atom is -0.486 e. The van der Waals surface area contributed by atoms with Gasteiger partial charge in [-0.3, -0.25) is 9.52 Å². The number of fused-ring (bicyclic) bond motifs is 1. The summed E-state index contributed by atoms with van der Waals surface area (Å²) in [6, 6.07) is 17.6. The van der Waals surface area contributed by atoms with Crippen LogP contribution in [-0.2, 0) is 10.0 Å². The van der Waals surface area contributed by atoms with Crippen LogP contribution < -0.4 is 19.5 Å². The average molecular weight is 473 g/mol. The van der Waals surface area contributed by atoms with Gasteiger partial charge in [0.2, 0.25) is 0 Å². The Labute approximate surface area is 191 Å². The summed E-state index contributed by atoms with van der Waals surface area (Å²) in [5.41, 5.74) is 1.35. The van der Waals surface area contributed by atoms with Crippen molar-refractivity contribution in [3.05, 3.63) is 82.9 Å². The van der Waals surface area contributed by atoms with E-state index in [1.54, 1.807) is 18.2 Å². The monoisotopic (exact) mass is 472 g/mol. The molecule has 1 atom stereocenters. The van der Waals surface area contributed by atoms with Gasteiger partial charge in [-0.25, -0.2) is 8.42 Å². The molecule has 0 saturated heterocycles. The Morgan fingerprint density at radius 3 is 2.41 bits per heavy atom. The van der Waals surface area contributed by atoms with Crippen molar-refractivity contribution in [3.63, 3.8) is 0 Å². The van der Waals surface area contributed by atoms with Crippen molar-refractivity contribution in [2.75, 3.05) is 17.9 Å². The van der Waals surface area contributed by atoms with E-state index < -0.39 is 10.0 Å². The molecule has 1 amide bonds. The van der Waals surface area contributed by atoms with Crippen LogP contribution in [0.5, 0.6) is 11.5 Å². The number of carbonyl (C=O) groups is 1. The lowest BCUT2D eigenvalue weighted by molar-refractivity contribution is 0.0940. The molecule has 32 heavy (non-hydrogen) atoms. The van der Waals surface area contributed by atoms with Gasteiger partial charge in [0.25, 0.3) is 15.9 Å². The molecule has 0 aromatic heterocycles. The van der Waals surface area contributed by atoms with Crippen molar-refractivity contribution in [1.82, 2.24) is 5.32 Å². The molecule has 4 rings (SSSR count). The molecule has 7 nitrogen and oxygen atoms in total. The first-order valence-electron chi connectivity index (χ1n) is 9.91. The molecule has 1 heterocycles. The maximum atomic E-state index is 12.8. The van der Waals surface area contributed by atoms with E-state index in [0.29, 0.717) is 24.7 Å². The second-order valence-corrected chi connectivity index (χ2v) is 9.30. The van der Waals surface area contributed by atoms with Crippen LogP contribution in [0.3, 0.4) is 0 Å². The van der Waals surface area contributed by atoms with Gasteiger partial charge in [0, 0.05) is 0 Å². The number of halogens is 1. The molecule has 0 unspecified atom stereocenters. The van der Waals surface area contributed by atoms with Crippen molar-refractivity contribution in [1.29, 1.82) is 0 Å². The highest BCUT2D eigenvalue weighted by Crippen LogP contribution is 2.33. The van der Waals surface area contributed by atoms with E-state index in [1.165, 1.54) is 30.3 Å². The lowest BCUT2D eigenvalue weighted by atomic mass is 10.1. The van der Waals surface area contributed by atoms with Crippen molar-refractivity contribution < 1.29 is 22.7 Å². The van der Waals surface area contributed by atoms with E-state index in [-0.39, 0.29) is 33.1 Å². The smallest absolute Gasteiger partial charge is 0.261 e. The van der Waals surface area contributed by atoms with Crippen molar-refractivity contribution in [3.8, 4) is 11.5 Å². The Morgan fingerprint density at radius 1 is 0.969 bits per heavy atom. The number of anilines is 1. The van der Waals surface area contributed by atoms with E-state index in [2.05, 4.69) is 10.0 Å². The molecule has 0 saturated carbocycles. The molecule has 166 valence electrons. The Kier molecular flexibility index (Phi) is 6.25. The number of carbonyl (C=O) groups excluding carboxylic acids is 1. The third-order valence-corrected chi connectivity index (χ3v) is 6.64. The Balaban J connectivity index is 1.46. The molecule has 9 heteroatoms. The molecule has 0 radical (unpaired) electrons. The lowest BCUT2D eigenvalue weighted by Crippen LogP contribution is -2.27. The molecule has 0 bridgehead atoms. The minimum atomic E-state index is -3.76. The SMILES string of the molecule is C[C@@H](NC(=O)c1ccc(NS(=O)(=O)c2ccccc2)cc1Cl)c1ccc2c(c1)OCCO2. The number of hydrogen-bond donors (Lipinski definition) is 2. The van der Waals surface area contributed by atoms with Gasteiger partial charge >= 0.3 is 0 Å². The van der Waals surface area contributed by atoms with Crippen LogP contribution in [0, 0.1) is 0 Å². The Morgan fingerprint density at radius 2 is 1.69 bits per heavy atom. The zero-order valence-corrected chi connectivity index (χ0v) is 18.7. The summed E-state index contributed by atoms with van der Waals surface area (Å²) in [5.74, 6) is 0.938. The predicted molar refractivity (Wildman–Crippen MR) is 122 cm³/mol. The first kappa shape index (κ1) is 22.0. The van der Waals surface area contributed by atoms with E-state index >= 15 is 0 Å². The number of hydrogen-bond acceptors (Lipinski definition) is 5. The summed E-state index contributed by atoms with van der Waals surface area (Å²) < 4.78 is 38.5. The van der Waals surface area contributed by atoms with Crippen LogP contribution in [0.1, 0.15) is 28.9 Å². The highest BCUT2D eigenvalue weighted by molar-refractivity contribution is 7.92. The summed E-state index contributed by atoms with van der Waals surface area (Å²) in [5, 5.41) is 3.03. The third kappa shape index (κ3) is 4.81. The molecule has 3 aromatic rings. The zero-order chi connectivity index (χ0) is 22.7. The van der Waals surface area contributed by atoms with Gasteiger partial charge in [0.05, 0.1) is 27.2 Å². The third-order valence-electron chi connectivity index (χ3n) is 4.93. The highest BCUT2D eigenvalue weighted by atomic mass is 35.5. The largest absolute Gasteiger partial charge is 0.486 e. The number of ether oxygens (including phenoxy) is 2. The van der Waals surface area contributed by atoms with Gasteiger partial charge < -0.3 is 14.8 Å². The molecule has 0 aliphatic carbocycles. The van der Waals surface area contributed by atoms with Crippen molar-refractivity contribution in [2.45, 2.75) is 17.9 Å². The minimum absolute atomic E-state index is 0.130. The van der Waals surface area contributed by atoms with Crippen molar-refractivity contribution in [2.24, 2.45) is 0 Å². The lowest BCUT2D eigenvalue weighted by Gasteiger charge is -2.21. The summed E-state index contributed by atoms with van der Waals surface area (Å²) in [6.45, 7) is 2.83. The van der Waals surface area contributed by atoms with Gasteiger partial charge in [-0.1, -0.05) is 35.9 Å². The maximum absolute atomic E-state index is 12.8. The van der Waals surface area contributed by atoms with Crippen LogP contribution in [-0.4, -0.2) is 27.5 Å². The topological polar surface area (TPSA) is 93.7 Å². The molecule has 1 aliphatic rings. The standard InChI is InChI=1S/C23H21ClN2O5S/c1-15(16-7-10-21-22(13-16)31-12-11-30-21)25-23(27)19-9-8-17(14-20(19)24)26-32(28,29)18-5-3-2-4-6-18/h2-10,13-15,26H,11-12H2,1H3,(H,25,27)/t15-/m1/s1. The highest BCUT2D eigenvalue weighted by Gasteiger charge is 2.19. The van der Waals surface area contributed by atoms with E-state index in [4.69, 9.17) is 21.1 Å². The Bertz CT molecular complexity index is 1250. The van der Waals surface area contributed by atoms with E-state index in [1.807, 2.05) is 25.1 Å². The van der Waals surface area contributed by atoms with Gasteiger partial charge in [0.15, 0.2) is 11.5 Å². The van der Waals surface area contributed by atoms with Crippen molar-refractivity contribution >= 4 is 33.2 Å². The fourth-order valence-corrected chi connectivity index (χ4v) is 4.60. The van der Waals surface area contributed by atoms with Crippen LogP contribution in [0.25, 0.3) is 0 Å². The second kappa shape index (κ2) is 9.10. The molecule has 1 aliphatic heterocycles. The predicted octanol–water partition coefficient (Wildman–Crippen LogP) is 4.40. The molecule has 3 aromatic carbocycles. The first-order chi connectivity index (χ1) is 15.3. The number of rotatable bonds is 6. The Hall–Kier alpha value is -3.23. The number of sulfonamides is 1. The van der Waals surface area contributed by atoms with Gasteiger partial charge in [-0.05, 0) is 55.0 Å². The molecule has 2 N–H and O–H groups in total. The normalized spacial score (nSPS) is 13.8. The average Bonchev–Trinajstić information content (AvgIpc) is 2.79. The number of amides is 1. The fourth-order valence-electron chi connectivity index (χ4n) is 3.26. The fraction of sp³-hybridized carbons (Fsp3) is 0.174. The summed E-state index contributed by atoms with van der Waals surface area (Å²) in [6.07, 6.45) is 0. The summed E-state index contributed by atoms with van der Waals surface area (Å²) in [7, 11) is -3.76. The first-order valence-corrected chi connectivity index (χ1v) is 11.8. The summed E-state index contributed by atoms with van der Waals surface area (Å²) >= 11 is 6.29. The van der Waals surface area contributed by atoms with E-state index in [9.17, 15) is 13.2 Å². The molecule has 0 spiro atoms. The molecular formula is C23H21ClN2O5S. The zero-order valence-electron chi connectivity index (χ0n) is 17.2. The molecule has 0 fully saturated rings. The quantitative estimate of drug-likeness (QED) is 0.554. The van der Waals surface area contributed by atoms with E-state index in [0.717, 1.165) is 5.56 Å². The number of nitrogens with one attached hydrogen (secondary N) is 2. The maximum Gasteiger partial charge on any atom is 0.261 e. The molecular weight excluding hydrogens is 452 g/mol. The number of benzene rings is 3. The van der Waals surface area contributed by atoms with Gasteiger partial charge in [-0.2, -0.15) is 0 Å². The van der Waals surface area contributed by atoms with Crippen LogP contribution >= 0.6 is 11.6 Å². The second-order valence-electron chi connectivity index (χ2n) is 7.21. The van der Waals surface area contributed by atoms with Crippen LogP contribution in [0.2, 0.25) is 5.02 Å². The summed E-state index contributed by atoms with van der Waals surface area (Å²) in [4.78, 5) is 12.9. The van der Waals surface area contributed by atoms with Gasteiger partial charge in [-0.15, -0.1) is 0 Å².